The maximum Gasteiger partial charge on any atom is 0.408 e. The number of nitrogens with zero attached hydrogens (tertiary/aromatic N) is 2. The maximum atomic E-state index is 13.1. The summed E-state index contributed by atoms with van der Waals surface area (Å²) in [5.41, 5.74) is 1.55. The van der Waals surface area contributed by atoms with Crippen molar-refractivity contribution in [3.63, 3.8) is 0 Å². The summed E-state index contributed by atoms with van der Waals surface area (Å²) < 4.78 is 9.92. The minimum absolute atomic E-state index is 0.0925. The first-order valence-electron chi connectivity index (χ1n) is 9.57. The molecule has 29 heavy (non-hydrogen) atoms. The minimum Gasteiger partial charge on any atom is -0.468 e. The van der Waals surface area contributed by atoms with Gasteiger partial charge < -0.3 is 19.7 Å². The van der Waals surface area contributed by atoms with Gasteiger partial charge in [-0.15, -0.1) is 0 Å². The lowest BCUT2D eigenvalue weighted by Gasteiger charge is -2.26. The number of benzene rings is 1. The molecular formula is C21H27N3O5. The highest BCUT2D eigenvalue weighted by Gasteiger charge is 2.29. The number of amides is 2. The quantitative estimate of drug-likeness (QED) is 0.608. The van der Waals surface area contributed by atoms with Crippen LogP contribution in [0, 0.1) is 0 Å². The van der Waals surface area contributed by atoms with Gasteiger partial charge in [-0.2, -0.15) is 0 Å². The zero-order valence-corrected chi connectivity index (χ0v) is 16.8. The number of aliphatic imine (C=N–C) groups is 1. The van der Waals surface area contributed by atoms with E-state index in [1.165, 1.54) is 12.0 Å². The third-order valence-corrected chi connectivity index (χ3v) is 4.29. The highest BCUT2D eigenvalue weighted by atomic mass is 16.5. The van der Waals surface area contributed by atoms with Gasteiger partial charge in [-0.25, -0.2) is 4.79 Å². The van der Waals surface area contributed by atoms with Crippen molar-refractivity contribution in [1.82, 2.24) is 10.2 Å². The van der Waals surface area contributed by atoms with Crippen LogP contribution >= 0.6 is 0 Å². The van der Waals surface area contributed by atoms with E-state index in [1.807, 2.05) is 43.3 Å². The summed E-state index contributed by atoms with van der Waals surface area (Å²) in [5.74, 6) is -0.896. The van der Waals surface area contributed by atoms with Gasteiger partial charge in [0.05, 0.1) is 7.11 Å². The van der Waals surface area contributed by atoms with Crippen LogP contribution in [0.4, 0.5) is 4.79 Å². The molecule has 0 spiro atoms. The van der Waals surface area contributed by atoms with Crippen molar-refractivity contribution in [3.8, 4) is 0 Å². The predicted octanol–water partition coefficient (Wildman–Crippen LogP) is 2.44. The fourth-order valence-corrected chi connectivity index (χ4v) is 2.84. The molecule has 0 saturated carbocycles. The van der Waals surface area contributed by atoms with Crippen LogP contribution in [0.25, 0.3) is 0 Å². The SMILES string of the molecule is CCCN(CC(=O)OC)C(=O)C(CC1=CCC=N1)NC(=O)OCc1ccccc1. The highest BCUT2D eigenvalue weighted by Crippen LogP contribution is 2.15. The van der Waals surface area contributed by atoms with Gasteiger partial charge in [-0.05, 0) is 12.0 Å². The second-order valence-electron chi connectivity index (χ2n) is 6.54. The van der Waals surface area contributed by atoms with Crippen molar-refractivity contribution in [1.29, 1.82) is 0 Å². The van der Waals surface area contributed by atoms with Gasteiger partial charge in [0, 0.05) is 31.3 Å². The lowest BCUT2D eigenvalue weighted by atomic mass is 10.1. The van der Waals surface area contributed by atoms with E-state index in [1.54, 1.807) is 6.21 Å². The average molecular weight is 401 g/mol. The fourth-order valence-electron chi connectivity index (χ4n) is 2.84. The molecule has 1 aliphatic rings. The number of nitrogens with one attached hydrogen (secondary N) is 1. The Hall–Kier alpha value is -3.16. The number of carbonyl (C=O) groups is 3. The number of carbonyl (C=O) groups excluding carboxylic acids is 3. The van der Waals surface area contributed by atoms with Crippen LogP contribution in [-0.4, -0.2) is 55.3 Å². The summed E-state index contributed by atoms with van der Waals surface area (Å²) >= 11 is 0. The number of allylic oxidation sites excluding steroid dienone is 1. The molecule has 2 rings (SSSR count). The average Bonchev–Trinajstić information content (AvgIpc) is 3.24. The minimum atomic E-state index is -0.893. The van der Waals surface area contributed by atoms with E-state index in [2.05, 4.69) is 15.0 Å². The molecule has 0 saturated heterocycles. The molecule has 1 aliphatic heterocycles. The molecule has 0 fully saturated rings. The first kappa shape index (κ1) is 22.1. The number of rotatable bonds is 10. The van der Waals surface area contributed by atoms with Crippen molar-refractivity contribution in [2.75, 3.05) is 20.2 Å². The molecule has 1 N–H and O–H groups in total. The molecular weight excluding hydrogens is 374 g/mol. The van der Waals surface area contributed by atoms with Gasteiger partial charge in [-0.1, -0.05) is 43.3 Å². The van der Waals surface area contributed by atoms with E-state index in [4.69, 9.17) is 4.74 Å². The molecule has 1 atom stereocenters. The number of esters is 1. The standard InChI is InChI=1S/C21H27N3O5/c1-3-12-24(14-19(25)28-2)20(26)18(13-17-10-7-11-22-17)23-21(27)29-15-16-8-5-4-6-9-16/h4-6,8-11,18H,3,7,12-15H2,1-2H3,(H,23,27). The molecule has 1 aromatic carbocycles. The van der Waals surface area contributed by atoms with Crippen molar-refractivity contribution in [2.45, 2.75) is 38.8 Å². The third-order valence-electron chi connectivity index (χ3n) is 4.29. The molecule has 156 valence electrons. The summed E-state index contributed by atoms with van der Waals surface area (Å²) in [6, 6.07) is 8.36. The van der Waals surface area contributed by atoms with Crippen molar-refractivity contribution in [3.05, 3.63) is 47.7 Å². The Morgan fingerprint density at radius 2 is 2.00 bits per heavy atom. The summed E-state index contributed by atoms with van der Waals surface area (Å²) in [4.78, 5) is 42.7. The largest absolute Gasteiger partial charge is 0.468 e. The van der Waals surface area contributed by atoms with Gasteiger partial charge in [0.25, 0.3) is 0 Å². The highest BCUT2D eigenvalue weighted by molar-refractivity contribution is 5.88. The Kier molecular flexibility index (Phi) is 8.88. The zero-order chi connectivity index (χ0) is 21.1. The van der Waals surface area contributed by atoms with Crippen LogP contribution in [0.1, 0.15) is 31.7 Å². The van der Waals surface area contributed by atoms with Crippen LogP contribution in [0.2, 0.25) is 0 Å². The normalized spacial score (nSPS) is 13.4. The van der Waals surface area contributed by atoms with Crippen molar-refractivity contribution < 1.29 is 23.9 Å². The summed E-state index contributed by atoms with van der Waals surface area (Å²) in [6.45, 7) is 2.18. The first-order chi connectivity index (χ1) is 14.0. The third kappa shape index (κ3) is 7.40. The van der Waals surface area contributed by atoms with Gasteiger partial charge >= 0.3 is 12.1 Å². The van der Waals surface area contributed by atoms with Gasteiger partial charge in [0.2, 0.25) is 5.91 Å². The Labute approximate surface area is 170 Å². The Balaban J connectivity index is 2.05. The molecule has 2 amide bonds. The van der Waals surface area contributed by atoms with E-state index in [-0.39, 0.29) is 25.5 Å². The topological polar surface area (TPSA) is 97.3 Å². The summed E-state index contributed by atoms with van der Waals surface area (Å²) in [6.07, 6.45) is 4.50. The molecule has 0 radical (unpaired) electrons. The lowest BCUT2D eigenvalue weighted by Crippen LogP contribution is -2.50. The van der Waals surface area contributed by atoms with Crippen LogP contribution in [0.5, 0.6) is 0 Å². The number of hydrogen-bond acceptors (Lipinski definition) is 6. The zero-order valence-electron chi connectivity index (χ0n) is 16.8. The molecule has 1 aromatic rings. The maximum absolute atomic E-state index is 13.1. The second-order valence-corrected chi connectivity index (χ2v) is 6.54. The molecule has 8 heteroatoms. The number of methoxy groups -OCH3 is 1. The van der Waals surface area contributed by atoms with Crippen molar-refractivity contribution in [2.24, 2.45) is 4.99 Å². The molecule has 0 aliphatic carbocycles. The van der Waals surface area contributed by atoms with Gasteiger partial charge in [0.1, 0.15) is 19.2 Å². The van der Waals surface area contributed by atoms with Gasteiger partial charge in [-0.3, -0.25) is 14.6 Å². The van der Waals surface area contributed by atoms with Crippen LogP contribution in [0.3, 0.4) is 0 Å². The van der Waals surface area contributed by atoms with E-state index < -0.39 is 18.1 Å². The molecule has 1 unspecified atom stereocenters. The van der Waals surface area contributed by atoms with Crippen LogP contribution in [-0.2, 0) is 25.7 Å². The van der Waals surface area contributed by atoms with Gasteiger partial charge in [0.15, 0.2) is 0 Å². The van der Waals surface area contributed by atoms with E-state index >= 15 is 0 Å². The molecule has 0 bridgehead atoms. The van der Waals surface area contributed by atoms with E-state index in [0.29, 0.717) is 25.1 Å². The summed E-state index contributed by atoms with van der Waals surface area (Å²) in [5, 5.41) is 2.62. The lowest BCUT2D eigenvalue weighted by molar-refractivity contribution is -0.147. The predicted molar refractivity (Wildman–Crippen MR) is 108 cm³/mol. The number of hydrogen-bond donors (Lipinski definition) is 1. The summed E-state index contributed by atoms with van der Waals surface area (Å²) in [7, 11) is 1.27. The smallest absolute Gasteiger partial charge is 0.408 e. The Bertz CT molecular complexity index is 761. The Morgan fingerprint density at radius 1 is 1.24 bits per heavy atom. The first-order valence-corrected chi connectivity index (χ1v) is 9.57. The monoisotopic (exact) mass is 401 g/mol. The van der Waals surface area contributed by atoms with Crippen molar-refractivity contribution >= 4 is 24.2 Å². The second kappa shape index (κ2) is 11.6. The van der Waals surface area contributed by atoms with Crippen LogP contribution in [0.15, 0.2) is 47.1 Å². The number of alkyl carbamates (subject to hydrolysis) is 1. The van der Waals surface area contributed by atoms with E-state index in [9.17, 15) is 14.4 Å². The Morgan fingerprint density at radius 3 is 2.62 bits per heavy atom. The fraction of sp³-hybridized carbons (Fsp3) is 0.429. The number of ether oxygens (including phenoxy) is 2. The molecule has 8 nitrogen and oxygen atoms in total. The molecule has 1 heterocycles. The van der Waals surface area contributed by atoms with Crippen LogP contribution < -0.4 is 5.32 Å². The van der Waals surface area contributed by atoms with E-state index in [0.717, 1.165) is 5.56 Å². The molecule has 0 aromatic heterocycles.